The van der Waals surface area contributed by atoms with Gasteiger partial charge in [-0.15, -0.1) is 0 Å². The van der Waals surface area contributed by atoms with Crippen LogP contribution < -0.4 is 10.1 Å². The van der Waals surface area contributed by atoms with Gasteiger partial charge in [-0.05, 0) is 31.0 Å². The van der Waals surface area contributed by atoms with Gasteiger partial charge in [-0.1, -0.05) is 18.5 Å². The molecule has 0 bridgehead atoms. The highest BCUT2D eigenvalue weighted by atomic mass is 35.5. The molecule has 3 nitrogen and oxygen atoms in total. The lowest BCUT2D eigenvalue weighted by Gasteiger charge is -2.12. The lowest BCUT2D eigenvalue weighted by molar-refractivity contribution is -0.121. The molecule has 1 aromatic rings. The van der Waals surface area contributed by atoms with Crippen molar-refractivity contribution in [1.82, 2.24) is 5.32 Å². The minimum Gasteiger partial charge on any atom is -0.496 e. The van der Waals surface area contributed by atoms with Gasteiger partial charge in [-0.25, -0.2) is 0 Å². The summed E-state index contributed by atoms with van der Waals surface area (Å²) in [5.74, 6) is 0.832. The van der Waals surface area contributed by atoms with Gasteiger partial charge < -0.3 is 10.1 Å². The molecule has 0 saturated heterocycles. The van der Waals surface area contributed by atoms with Crippen molar-refractivity contribution in [1.29, 1.82) is 0 Å². The number of halogens is 1. The minimum atomic E-state index is 0.0483. The topological polar surface area (TPSA) is 38.3 Å². The molecule has 0 fully saturated rings. The van der Waals surface area contributed by atoms with E-state index in [1.54, 1.807) is 7.11 Å². The van der Waals surface area contributed by atoms with Gasteiger partial charge in [0.1, 0.15) is 5.75 Å². The van der Waals surface area contributed by atoms with Crippen molar-refractivity contribution in [2.45, 2.75) is 33.2 Å². The largest absolute Gasteiger partial charge is 0.496 e. The molecule has 0 radical (unpaired) electrons. The van der Waals surface area contributed by atoms with E-state index in [9.17, 15) is 4.79 Å². The molecule has 0 aliphatic carbocycles. The van der Waals surface area contributed by atoms with Crippen LogP contribution in [0.1, 0.15) is 30.9 Å². The molecule has 0 unspecified atom stereocenters. The van der Waals surface area contributed by atoms with E-state index in [4.69, 9.17) is 16.3 Å². The van der Waals surface area contributed by atoms with E-state index in [-0.39, 0.29) is 5.91 Å². The number of aryl methyl sites for hydroxylation is 1. The van der Waals surface area contributed by atoms with Crippen LogP contribution in [0.3, 0.4) is 0 Å². The van der Waals surface area contributed by atoms with Gasteiger partial charge >= 0.3 is 0 Å². The van der Waals surface area contributed by atoms with Crippen LogP contribution in [-0.2, 0) is 11.3 Å². The van der Waals surface area contributed by atoms with Crippen molar-refractivity contribution in [3.63, 3.8) is 0 Å². The highest BCUT2D eigenvalue weighted by Crippen LogP contribution is 2.27. The molecule has 0 atom stereocenters. The molecule has 1 N–H and O–H groups in total. The predicted octanol–water partition coefficient (Wildman–Crippen LogP) is 3.07. The zero-order chi connectivity index (χ0) is 12.8. The number of ether oxygens (including phenoxy) is 1. The molecular weight excluding hydrogens is 238 g/mol. The SMILES string of the molecule is CCCC(=O)NCc1cc(Cl)cc(C)c1OC. The van der Waals surface area contributed by atoms with Crippen LogP contribution >= 0.6 is 11.6 Å². The van der Waals surface area contributed by atoms with Gasteiger partial charge in [0.15, 0.2) is 0 Å². The van der Waals surface area contributed by atoms with Crippen molar-refractivity contribution in [3.05, 3.63) is 28.3 Å². The average molecular weight is 256 g/mol. The second kappa shape index (κ2) is 6.50. The van der Waals surface area contributed by atoms with Crippen molar-refractivity contribution < 1.29 is 9.53 Å². The van der Waals surface area contributed by atoms with Crippen molar-refractivity contribution in [2.75, 3.05) is 7.11 Å². The average Bonchev–Trinajstić information content (AvgIpc) is 2.26. The molecule has 94 valence electrons. The van der Waals surface area contributed by atoms with E-state index in [0.717, 1.165) is 23.3 Å². The van der Waals surface area contributed by atoms with Crippen LogP contribution in [0.5, 0.6) is 5.75 Å². The third-order valence-corrected chi connectivity index (χ3v) is 2.69. The quantitative estimate of drug-likeness (QED) is 0.878. The predicted molar refractivity (Wildman–Crippen MR) is 69.5 cm³/mol. The summed E-state index contributed by atoms with van der Waals surface area (Å²) in [6, 6.07) is 3.66. The Hall–Kier alpha value is -1.22. The van der Waals surface area contributed by atoms with Crippen molar-refractivity contribution in [2.24, 2.45) is 0 Å². The highest BCUT2D eigenvalue weighted by molar-refractivity contribution is 6.30. The first-order valence-electron chi connectivity index (χ1n) is 5.68. The fourth-order valence-electron chi connectivity index (χ4n) is 1.73. The van der Waals surface area contributed by atoms with E-state index in [1.807, 2.05) is 26.0 Å². The first-order valence-corrected chi connectivity index (χ1v) is 6.06. The molecule has 0 aliphatic heterocycles. The van der Waals surface area contributed by atoms with Gasteiger partial charge in [0, 0.05) is 23.6 Å². The number of amides is 1. The fraction of sp³-hybridized carbons (Fsp3) is 0.462. The van der Waals surface area contributed by atoms with E-state index in [2.05, 4.69) is 5.32 Å². The Morgan fingerprint density at radius 3 is 2.76 bits per heavy atom. The van der Waals surface area contributed by atoms with Crippen molar-refractivity contribution >= 4 is 17.5 Å². The normalized spacial score (nSPS) is 10.1. The lowest BCUT2D eigenvalue weighted by atomic mass is 10.1. The summed E-state index contributed by atoms with van der Waals surface area (Å²) in [6.45, 7) is 4.36. The smallest absolute Gasteiger partial charge is 0.220 e. The van der Waals surface area contributed by atoms with Crippen LogP contribution in [0.15, 0.2) is 12.1 Å². The van der Waals surface area contributed by atoms with E-state index < -0.39 is 0 Å². The maximum atomic E-state index is 11.4. The number of nitrogens with one attached hydrogen (secondary N) is 1. The van der Waals surface area contributed by atoms with Crippen molar-refractivity contribution in [3.8, 4) is 5.75 Å². The summed E-state index contributed by atoms with van der Waals surface area (Å²) in [5, 5.41) is 3.51. The van der Waals surface area contributed by atoms with Gasteiger partial charge in [-0.2, -0.15) is 0 Å². The number of methoxy groups -OCH3 is 1. The molecule has 0 spiro atoms. The summed E-state index contributed by atoms with van der Waals surface area (Å²) in [7, 11) is 1.62. The zero-order valence-corrected chi connectivity index (χ0v) is 11.2. The maximum absolute atomic E-state index is 11.4. The molecule has 1 amide bonds. The molecule has 17 heavy (non-hydrogen) atoms. The second-order valence-electron chi connectivity index (χ2n) is 3.94. The molecule has 0 heterocycles. The second-order valence-corrected chi connectivity index (χ2v) is 4.38. The Morgan fingerprint density at radius 2 is 2.18 bits per heavy atom. The maximum Gasteiger partial charge on any atom is 0.220 e. The van der Waals surface area contributed by atoms with Crippen LogP contribution in [-0.4, -0.2) is 13.0 Å². The van der Waals surface area contributed by atoms with Gasteiger partial charge in [0.25, 0.3) is 0 Å². The summed E-state index contributed by atoms with van der Waals surface area (Å²) in [4.78, 5) is 11.4. The number of carbonyl (C=O) groups excluding carboxylic acids is 1. The first kappa shape index (κ1) is 13.8. The summed E-state index contributed by atoms with van der Waals surface area (Å²) in [5.41, 5.74) is 1.88. The highest BCUT2D eigenvalue weighted by Gasteiger charge is 2.09. The van der Waals surface area contributed by atoms with Crippen LogP contribution in [0.4, 0.5) is 0 Å². The number of hydrogen-bond acceptors (Lipinski definition) is 2. The van der Waals surface area contributed by atoms with Gasteiger partial charge in [0.2, 0.25) is 5.91 Å². The standard InChI is InChI=1S/C13H18ClNO2/c1-4-5-12(16)15-8-10-7-11(14)6-9(2)13(10)17-3/h6-7H,4-5,8H2,1-3H3,(H,15,16). The van der Waals surface area contributed by atoms with Gasteiger partial charge in [-0.3, -0.25) is 4.79 Å². The molecule has 0 saturated carbocycles. The van der Waals surface area contributed by atoms with E-state index in [0.29, 0.717) is 18.0 Å². The molecule has 0 aromatic heterocycles. The summed E-state index contributed by atoms with van der Waals surface area (Å²) < 4.78 is 5.31. The molecule has 0 aliphatic rings. The van der Waals surface area contributed by atoms with E-state index in [1.165, 1.54) is 0 Å². The fourth-order valence-corrected chi connectivity index (χ4v) is 2.03. The summed E-state index contributed by atoms with van der Waals surface area (Å²) >= 11 is 5.99. The molecule has 1 aromatic carbocycles. The van der Waals surface area contributed by atoms with Crippen LogP contribution in [0.25, 0.3) is 0 Å². The minimum absolute atomic E-state index is 0.0483. The molecular formula is C13H18ClNO2. The number of benzene rings is 1. The summed E-state index contributed by atoms with van der Waals surface area (Å²) in [6.07, 6.45) is 1.39. The first-order chi connectivity index (χ1) is 8.08. The number of carbonyl (C=O) groups is 1. The van der Waals surface area contributed by atoms with Gasteiger partial charge in [0.05, 0.1) is 7.11 Å². The van der Waals surface area contributed by atoms with Crippen LogP contribution in [0, 0.1) is 6.92 Å². The Kier molecular flexibility index (Phi) is 5.29. The molecule has 1 rings (SSSR count). The third-order valence-electron chi connectivity index (χ3n) is 2.47. The third kappa shape index (κ3) is 3.93. The number of rotatable bonds is 5. The monoisotopic (exact) mass is 255 g/mol. The van der Waals surface area contributed by atoms with E-state index >= 15 is 0 Å². The molecule has 4 heteroatoms. The zero-order valence-electron chi connectivity index (χ0n) is 10.5. The Balaban J connectivity index is 2.79. The number of hydrogen-bond donors (Lipinski definition) is 1. The Morgan fingerprint density at radius 1 is 1.47 bits per heavy atom. The van der Waals surface area contributed by atoms with Crippen LogP contribution in [0.2, 0.25) is 5.02 Å². The Labute approximate surface area is 107 Å². The lowest BCUT2D eigenvalue weighted by Crippen LogP contribution is -2.22. The Bertz CT molecular complexity index is 405.